The predicted octanol–water partition coefficient (Wildman–Crippen LogP) is 9.75. The molecule has 4 heterocycles. The third kappa shape index (κ3) is 6.72. The van der Waals surface area contributed by atoms with E-state index in [1.54, 1.807) is 31.5 Å². The molecular formula is C42H39Cl2N5O3. The summed E-state index contributed by atoms with van der Waals surface area (Å²) in [7, 11) is 0. The molecule has 2 aromatic heterocycles. The largest absolute Gasteiger partial charge is 0.476 e. The van der Waals surface area contributed by atoms with E-state index in [1.165, 1.54) is 0 Å². The number of aromatic amines is 1. The average Bonchev–Trinajstić information content (AvgIpc) is 3.52. The van der Waals surface area contributed by atoms with Crippen LogP contribution in [0.2, 0.25) is 10.0 Å². The van der Waals surface area contributed by atoms with Crippen LogP contribution in [0.3, 0.4) is 0 Å². The number of rotatable bonds is 9. The van der Waals surface area contributed by atoms with Crippen molar-refractivity contribution >= 4 is 62.9 Å². The van der Waals surface area contributed by atoms with Gasteiger partial charge in [-0.1, -0.05) is 78.8 Å². The van der Waals surface area contributed by atoms with Crippen molar-refractivity contribution in [1.82, 2.24) is 19.8 Å². The molecule has 0 radical (unpaired) electrons. The van der Waals surface area contributed by atoms with Crippen LogP contribution < -0.4 is 10.1 Å². The summed E-state index contributed by atoms with van der Waals surface area (Å²) in [4.78, 5) is 38.3. The zero-order chi connectivity index (χ0) is 36.5. The Morgan fingerprint density at radius 2 is 1.73 bits per heavy atom. The molecule has 1 atom stereocenters. The summed E-state index contributed by atoms with van der Waals surface area (Å²) in [5.41, 5.74) is 7.51. The van der Waals surface area contributed by atoms with E-state index in [4.69, 9.17) is 27.9 Å². The van der Waals surface area contributed by atoms with E-state index in [1.807, 2.05) is 78.6 Å². The third-order valence-corrected chi connectivity index (χ3v) is 10.3. The lowest BCUT2D eigenvalue weighted by Gasteiger charge is -2.39. The Morgan fingerprint density at radius 3 is 2.40 bits per heavy atom. The van der Waals surface area contributed by atoms with E-state index in [0.717, 1.165) is 57.3 Å². The van der Waals surface area contributed by atoms with E-state index < -0.39 is 0 Å². The maximum atomic E-state index is 14.6. The number of piperidine rings is 1. The quantitative estimate of drug-likeness (QED) is 0.158. The van der Waals surface area contributed by atoms with Gasteiger partial charge in [0.2, 0.25) is 11.8 Å². The number of likely N-dealkylation sites (tertiary alicyclic amines) is 1. The summed E-state index contributed by atoms with van der Waals surface area (Å²) in [6.07, 6.45) is 5.12. The van der Waals surface area contributed by atoms with Crippen molar-refractivity contribution in [2.24, 2.45) is 5.92 Å². The molecule has 0 bridgehead atoms. The number of hydrogen-bond donors (Lipinski definition) is 2. The number of carbonyl (C=O) groups excluding carboxylic acids is 2. The molecule has 2 aliphatic heterocycles. The van der Waals surface area contributed by atoms with Crippen LogP contribution in [0.1, 0.15) is 65.5 Å². The molecule has 0 spiro atoms. The number of amides is 2. The van der Waals surface area contributed by atoms with Crippen LogP contribution in [0.15, 0.2) is 110 Å². The van der Waals surface area contributed by atoms with E-state index in [2.05, 4.69) is 33.3 Å². The predicted molar refractivity (Wildman–Crippen MR) is 209 cm³/mol. The van der Waals surface area contributed by atoms with Gasteiger partial charge in [0.15, 0.2) is 0 Å². The van der Waals surface area contributed by atoms with Crippen molar-refractivity contribution in [3.8, 4) is 5.88 Å². The number of carbonyl (C=O) groups is 2. The standard InChI is InChI=1S/C42H39Cl2N5O3/c1-5-49-39(29-13-15-30(43)16-14-29)32-22-31(44)23-34-36(32)37(40(49)35(25(2)3)28-10-7-6-8-11-28)38(46-34)41(51)47-33-12-9-19-45-42(33)52-24-27-17-20-48(21-18-27)26(4)50/h5-16,19,22-23,27,39,46H,1-2,17-18,20-21,24H2,3-4H3,(H,47,51). The zero-order valence-electron chi connectivity index (χ0n) is 29.1. The number of aromatic nitrogens is 2. The van der Waals surface area contributed by atoms with Gasteiger partial charge in [0.1, 0.15) is 11.4 Å². The maximum Gasteiger partial charge on any atom is 0.272 e. The van der Waals surface area contributed by atoms with E-state index in [-0.39, 0.29) is 23.8 Å². The summed E-state index contributed by atoms with van der Waals surface area (Å²) >= 11 is 13.1. The van der Waals surface area contributed by atoms with Crippen molar-refractivity contribution in [2.75, 3.05) is 25.0 Å². The summed E-state index contributed by atoms with van der Waals surface area (Å²) in [6, 6.07) is 24.8. The molecule has 264 valence electrons. The molecule has 2 N–H and O–H groups in total. The molecule has 2 aliphatic rings. The SMILES string of the molecule is C=CN1C(=C(C(=C)C)c2ccccc2)c2c(C(=O)Nc3cccnc3OCC3CCN(C(C)=O)CC3)[nH]c3cc(Cl)cc(c23)C1c1ccc(Cl)cc1. The molecule has 0 aliphatic carbocycles. The Balaban J connectivity index is 1.35. The Morgan fingerprint density at radius 1 is 1.00 bits per heavy atom. The minimum absolute atomic E-state index is 0.0911. The van der Waals surface area contributed by atoms with Gasteiger partial charge in [-0.15, -0.1) is 0 Å². The van der Waals surface area contributed by atoms with E-state index >= 15 is 0 Å². The molecular weight excluding hydrogens is 693 g/mol. The maximum absolute atomic E-state index is 14.6. The lowest BCUT2D eigenvalue weighted by Crippen LogP contribution is -2.38. The summed E-state index contributed by atoms with van der Waals surface area (Å²) in [5.74, 6) is 0.318. The number of nitrogens with one attached hydrogen (secondary N) is 2. The molecule has 1 saturated heterocycles. The first-order valence-corrected chi connectivity index (χ1v) is 18.0. The monoisotopic (exact) mass is 731 g/mol. The molecule has 3 aromatic carbocycles. The molecule has 5 aromatic rings. The number of hydrogen-bond acceptors (Lipinski definition) is 5. The fourth-order valence-electron chi connectivity index (χ4n) is 7.38. The summed E-state index contributed by atoms with van der Waals surface area (Å²) in [5, 5.41) is 5.12. The lowest BCUT2D eigenvalue weighted by molar-refractivity contribution is -0.130. The number of halogens is 2. The van der Waals surface area contributed by atoms with Crippen LogP contribution in [-0.2, 0) is 4.79 Å². The van der Waals surface area contributed by atoms with E-state index in [0.29, 0.717) is 52.6 Å². The number of allylic oxidation sites excluding steroid dienone is 2. The Labute approximate surface area is 313 Å². The highest BCUT2D eigenvalue weighted by molar-refractivity contribution is 6.32. The molecule has 10 heteroatoms. The number of pyridine rings is 1. The highest BCUT2D eigenvalue weighted by Gasteiger charge is 2.38. The van der Waals surface area contributed by atoms with Gasteiger partial charge in [-0.25, -0.2) is 4.98 Å². The van der Waals surface area contributed by atoms with Crippen LogP contribution in [0.4, 0.5) is 5.69 Å². The fraction of sp³-hybridized carbons (Fsp3) is 0.214. The summed E-state index contributed by atoms with van der Waals surface area (Å²) < 4.78 is 6.22. The normalized spacial score (nSPS) is 16.8. The minimum Gasteiger partial charge on any atom is -0.476 e. The lowest BCUT2D eigenvalue weighted by atomic mass is 9.83. The molecule has 1 fully saturated rings. The second-order valence-corrected chi connectivity index (χ2v) is 14.2. The number of nitrogens with zero attached hydrogens (tertiary/aromatic N) is 3. The second-order valence-electron chi connectivity index (χ2n) is 13.3. The van der Waals surface area contributed by atoms with Gasteiger partial charge in [0.25, 0.3) is 5.91 Å². The van der Waals surface area contributed by atoms with Crippen LogP contribution in [0, 0.1) is 5.92 Å². The minimum atomic E-state index is -0.374. The topological polar surface area (TPSA) is 90.6 Å². The molecule has 52 heavy (non-hydrogen) atoms. The number of anilines is 1. The highest BCUT2D eigenvalue weighted by Crippen LogP contribution is 2.51. The molecule has 2 amide bonds. The average molecular weight is 733 g/mol. The van der Waals surface area contributed by atoms with Gasteiger partial charge in [0.05, 0.1) is 18.3 Å². The first-order chi connectivity index (χ1) is 25.1. The first-order valence-electron chi connectivity index (χ1n) is 17.3. The van der Waals surface area contributed by atoms with E-state index in [9.17, 15) is 9.59 Å². The van der Waals surface area contributed by atoms with Gasteiger partial charge < -0.3 is 24.8 Å². The van der Waals surface area contributed by atoms with Gasteiger partial charge in [-0.2, -0.15) is 0 Å². The van der Waals surface area contributed by atoms with Crippen molar-refractivity contribution < 1.29 is 14.3 Å². The fourth-order valence-corrected chi connectivity index (χ4v) is 7.73. The Bertz CT molecular complexity index is 2220. The number of ether oxygens (including phenoxy) is 1. The second kappa shape index (κ2) is 14.7. The van der Waals surface area contributed by atoms with Crippen molar-refractivity contribution in [1.29, 1.82) is 0 Å². The smallest absolute Gasteiger partial charge is 0.272 e. The van der Waals surface area contributed by atoms with Crippen LogP contribution >= 0.6 is 23.2 Å². The molecule has 1 unspecified atom stereocenters. The van der Waals surface area contributed by atoms with Gasteiger partial charge in [0, 0.05) is 58.3 Å². The van der Waals surface area contributed by atoms with Gasteiger partial charge >= 0.3 is 0 Å². The zero-order valence-corrected chi connectivity index (χ0v) is 30.6. The third-order valence-electron chi connectivity index (χ3n) is 9.83. The molecule has 0 saturated carbocycles. The molecule has 7 rings (SSSR count). The van der Waals surface area contributed by atoms with Crippen molar-refractivity contribution in [3.05, 3.63) is 148 Å². The van der Waals surface area contributed by atoms with Crippen LogP contribution in [0.25, 0.3) is 22.2 Å². The van der Waals surface area contributed by atoms with Crippen molar-refractivity contribution in [3.63, 3.8) is 0 Å². The summed E-state index contributed by atoms with van der Waals surface area (Å²) in [6.45, 7) is 14.1. The number of H-pyrrole nitrogens is 1. The Hall–Kier alpha value is -5.31. The molecule has 8 nitrogen and oxygen atoms in total. The van der Waals surface area contributed by atoms with Crippen molar-refractivity contribution in [2.45, 2.75) is 32.7 Å². The Kier molecular flexibility index (Phi) is 9.95. The van der Waals surface area contributed by atoms with Gasteiger partial charge in [-0.05, 0) is 90.5 Å². The van der Waals surface area contributed by atoms with Gasteiger partial charge in [-0.3, -0.25) is 9.59 Å². The first kappa shape index (κ1) is 35.1. The van der Waals surface area contributed by atoms with Crippen LogP contribution in [0.5, 0.6) is 5.88 Å². The number of benzene rings is 3. The van der Waals surface area contributed by atoms with Crippen LogP contribution in [-0.4, -0.2) is 51.3 Å². The highest BCUT2D eigenvalue weighted by atomic mass is 35.5.